The van der Waals surface area contributed by atoms with Crippen LogP contribution in [0.4, 0.5) is 4.39 Å². The minimum Gasteiger partial charge on any atom is -0.336 e. The topological polar surface area (TPSA) is 52.2 Å². The number of amides is 1. The quantitative estimate of drug-likeness (QED) is 0.757. The second kappa shape index (κ2) is 7.56. The lowest BCUT2D eigenvalue weighted by Gasteiger charge is -2.25. The smallest absolute Gasteiger partial charge is 0.257 e. The molecule has 0 aliphatic carbocycles. The highest BCUT2D eigenvalue weighted by atomic mass is 19.1. The molecule has 0 bridgehead atoms. The van der Waals surface area contributed by atoms with Crippen LogP contribution in [0.5, 0.6) is 0 Å². The van der Waals surface area contributed by atoms with Crippen molar-refractivity contribution in [3.63, 3.8) is 0 Å². The average molecular weight is 378 g/mol. The number of carbonyl (C=O) groups excluding carboxylic acids is 1. The second-order valence-corrected chi connectivity index (χ2v) is 7.42. The number of halogens is 1. The van der Waals surface area contributed by atoms with Crippen LogP contribution in [0.3, 0.4) is 0 Å². The van der Waals surface area contributed by atoms with Crippen LogP contribution in [0.15, 0.2) is 60.8 Å². The summed E-state index contributed by atoms with van der Waals surface area (Å²) in [4.78, 5) is 17.3. The van der Waals surface area contributed by atoms with Crippen molar-refractivity contribution < 1.29 is 9.18 Å². The van der Waals surface area contributed by atoms with Gasteiger partial charge in [0.05, 0.1) is 17.5 Å². The zero-order chi connectivity index (χ0) is 19.7. The van der Waals surface area contributed by atoms with Crippen LogP contribution in [0.25, 0.3) is 11.3 Å². The van der Waals surface area contributed by atoms with Crippen LogP contribution in [0, 0.1) is 5.82 Å². The van der Waals surface area contributed by atoms with E-state index in [1.165, 1.54) is 12.1 Å². The predicted octanol–water partition coefficient (Wildman–Crippen LogP) is 3.39. The van der Waals surface area contributed by atoms with Crippen LogP contribution < -0.4 is 0 Å². The van der Waals surface area contributed by atoms with Gasteiger partial charge in [-0.2, -0.15) is 5.10 Å². The molecule has 3 aromatic rings. The maximum absolute atomic E-state index is 13.3. The lowest BCUT2D eigenvalue weighted by atomic mass is 9.94. The third-order valence-corrected chi connectivity index (χ3v) is 5.47. The van der Waals surface area contributed by atoms with Gasteiger partial charge in [0, 0.05) is 30.6 Å². The molecule has 1 aliphatic heterocycles. The molecular formula is C22H23FN4O. The minimum atomic E-state index is -0.248. The van der Waals surface area contributed by atoms with E-state index >= 15 is 0 Å². The minimum absolute atomic E-state index is 0.0379. The summed E-state index contributed by atoms with van der Waals surface area (Å²) in [6.07, 6.45) is 1.60. The summed E-state index contributed by atoms with van der Waals surface area (Å²) >= 11 is 0. The van der Waals surface area contributed by atoms with Gasteiger partial charge in [0.2, 0.25) is 0 Å². The fraction of sp³-hybridized carbons (Fsp3) is 0.273. The average Bonchev–Trinajstić information content (AvgIpc) is 3.36. The van der Waals surface area contributed by atoms with Crippen molar-refractivity contribution in [2.24, 2.45) is 0 Å². The molecule has 1 amide bonds. The lowest BCUT2D eigenvalue weighted by Crippen LogP contribution is -2.35. The van der Waals surface area contributed by atoms with Crippen LogP contribution in [-0.4, -0.2) is 59.1 Å². The van der Waals surface area contributed by atoms with E-state index in [0.29, 0.717) is 18.7 Å². The van der Waals surface area contributed by atoms with Gasteiger partial charge in [-0.25, -0.2) is 4.39 Å². The number of H-pyrrole nitrogens is 1. The molecule has 28 heavy (non-hydrogen) atoms. The van der Waals surface area contributed by atoms with Gasteiger partial charge < -0.3 is 9.80 Å². The molecule has 2 aromatic carbocycles. The maximum Gasteiger partial charge on any atom is 0.257 e. The van der Waals surface area contributed by atoms with Crippen LogP contribution >= 0.6 is 0 Å². The van der Waals surface area contributed by atoms with Crippen molar-refractivity contribution in [3.8, 4) is 11.3 Å². The molecule has 2 heterocycles. The van der Waals surface area contributed by atoms with E-state index in [2.05, 4.69) is 15.1 Å². The molecule has 2 atom stereocenters. The SMILES string of the molecule is CN(C)[C@@H]1CN(C(=O)c2cn[nH]c2-c2ccccc2)C[C@H]1c1ccc(F)cc1. The summed E-state index contributed by atoms with van der Waals surface area (Å²) in [6.45, 7) is 1.21. The van der Waals surface area contributed by atoms with Crippen molar-refractivity contribution in [1.29, 1.82) is 0 Å². The Labute approximate surface area is 163 Å². The van der Waals surface area contributed by atoms with Crippen LogP contribution in [0.1, 0.15) is 21.8 Å². The molecule has 5 nitrogen and oxygen atoms in total. The van der Waals surface area contributed by atoms with Gasteiger partial charge in [-0.3, -0.25) is 9.89 Å². The Morgan fingerprint density at radius 2 is 1.82 bits per heavy atom. The number of carbonyl (C=O) groups is 1. The first kappa shape index (κ1) is 18.4. The number of rotatable bonds is 4. The number of hydrogen-bond donors (Lipinski definition) is 1. The molecular weight excluding hydrogens is 355 g/mol. The molecule has 144 valence electrons. The zero-order valence-corrected chi connectivity index (χ0v) is 16.0. The molecule has 1 aromatic heterocycles. The highest BCUT2D eigenvalue weighted by Crippen LogP contribution is 2.32. The largest absolute Gasteiger partial charge is 0.336 e. The van der Waals surface area contributed by atoms with Gasteiger partial charge in [0.25, 0.3) is 5.91 Å². The number of aromatic nitrogens is 2. The monoisotopic (exact) mass is 378 g/mol. The van der Waals surface area contributed by atoms with E-state index in [4.69, 9.17) is 0 Å². The predicted molar refractivity (Wildman–Crippen MR) is 107 cm³/mol. The van der Waals surface area contributed by atoms with Crippen LogP contribution in [0.2, 0.25) is 0 Å². The van der Waals surface area contributed by atoms with E-state index in [-0.39, 0.29) is 23.7 Å². The lowest BCUT2D eigenvalue weighted by molar-refractivity contribution is 0.0783. The van der Waals surface area contributed by atoms with E-state index in [0.717, 1.165) is 16.8 Å². The Hall–Kier alpha value is -2.99. The van der Waals surface area contributed by atoms with E-state index < -0.39 is 0 Å². The molecule has 0 unspecified atom stereocenters. The van der Waals surface area contributed by atoms with Crippen molar-refractivity contribution >= 4 is 5.91 Å². The Kier molecular flexibility index (Phi) is 4.96. The van der Waals surface area contributed by atoms with E-state index in [1.807, 2.05) is 61.5 Å². The van der Waals surface area contributed by atoms with Gasteiger partial charge >= 0.3 is 0 Å². The first-order valence-electron chi connectivity index (χ1n) is 9.34. The zero-order valence-electron chi connectivity index (χ0n) is 16.0. The Morgan fingerprint density at radius 3 is 2.50 bits per heavy atom. The van der Waals surface area contributed by atoms with Crippen molar-refractivity contribution in [2.75, 3.05) is 27.2 Å². The summed E-state index contributed by atoms with van der Waals surface area (Å²) < 4.78 is 13.3. The molecule has 4 rings (SSSR count). The van der Waals surface area contributed by atoms with Gasteiger partial charge in [-0.05, 0) is 31.8 Å². The third-order valence-electron chi connectivity index (χ3n) is 5.47. The first-order valence-corrected chi connectivity index (χ1v) is 9.34. The van der Waals surface area contributed by atoms with Crippen molar-refractivity contribution in [2.45, 2.75) is 12.0 Å². The summed E-state index contributed by atoms with van der Waals surface area (Å²) in [6, 6.07) is 16.5. The summed E-state index contributed by atoms with van der Waals surface area (Å²) in [5.74, 6) is -0.155. The van der Waals surface area contributed by atoms with E-state index in [1.54, 1.807) is 6.20 Å². The number of likely N-dealkylation sites (tertiary alicyclic amines) is 1. The highest BCUT2D eigenvalue weighted by Gasteiger charge is 2.38. The summed E-state index contributed by atoms with van der Waals surface area (Å²) in [5.41, 5.74) is 3.29. The number of benzene rings is 2. The third kappa shape index (κ3) is 3.43. The molecule has 0 spiro atoms. The Bertz CT molecular complexity index is 952. The summed E-state index contributed by atoms with van der Waals surface area (Å²) in [5, 5.41) is 7.07. The molecule has 6 heteroatoms. The molecule has 1 aliphatic rings. The fourth-order valence-electron chi connectivity index (χ4n) is 3.96. The number of likely N-dealkylation sites (N-methyl/N-ethyl adjacent to an activating group) is 1. The standard InChI is InChI=1S/C22H23FN4O/c1-26(2)20-14-27(13-19(20)15-8-10-17(23)11-9-15)22(28)18-12-24-25-21(18)16-6-4-3-5-7-16/h3-12,19-20H,13-14H2,1-2H3,(H,24,25)/t19-,20+/m0/s1. The Balaban J connectivity index is 1.61. The van der Waals surface area contributed by atoms with Gasteiger partial charge in [-0.15, -0.1) is 0 Å². The first-order chi connectivity index (χ1) is 13.5. The van der Waals surface area contributed by atoms with Gasteiger partial charge in [-0.1, -0.05) is 42.5 Å². The van der Waals surface area contributed by atoms with Crippen molar-refractivity contribution in [3.05, 3.63) is 77.7 Å². The molecule has 0 radical (unpaired) electrons. The molecule has 1 N–H and O–H groups in total. The molecule has 0 saturated carbocycles. The maximum atomic E-state index is 13.3. The molecule has 1 fully saturated rings. The number of aromatic amines is 1. The number of nitrogens with zero attached hydrogens (tertiary/aromatic N) is 3. The second-order valence-electron chi connectivity index (χ2n) is 7.42. The normalized spacial score (nSPS) is 19.4. The van der Waals surface area contributed by atoms with Gasteiger partial charge in [0.15, 0.2) is 0 Å². The molecule has 1 saturated heterocycles. The highest BCUT2D eigenvalue weighted by molar-refractivity contribution is 6.00. The van der Waals surface area contributed by atoms with Crippen LogP contribution in [-0.2, 0) is 0 Å². The van der Waals surface area contributed by atoms with Gasteiger partial charge in [0.1, 0.15) is 5.82 Å². The fourth-order valence-corrected chi connectivity index (χ4v) is 3.96. The Morgan fingerprint density at radius 1 is 1.11 bits per heavy atom. The van der Waals surface area contributed by atoms with Crippen molar-refractivity contribution in [1.82, 2.24) is 20.0 Å². The summed E-state index contributed by atoms with van der Waals surface area (Å²) in [7, 11) is 4.03. The number of nitrogens with one attached hydrogen (secondary N) is 1. The number of hydrogen-bond acceptors (Lipinski definition) is 3. The van der Waals surface area contributed by atoms with E-state index in [9.17, 15) is 9.18 Å².